The molecule has 0 bridgehead atoms. The largest absolute Gasteiger partial charge is 0.315 e. The first-order valence-corrected chi connectivity index (χ1v) is 6.92. The van der Waals surface area contributed by atoms with Gasteiger partial charge in [0.2, 0.25) is 0 Å². The summed E-state index contributed by atoms with van der Waals surface area (Å²) < 4.78 is 0. The molecular formula is C14H21Cl2N. The van der Waals surface area contributed by atoms with Crippen LogP contribution in [-0.2, 0) is 6.42 Å². The van der Waals surface area contributed by atoms with Gasteiger partial charge in [-0.05, 0) is 43.0 Å². The number of halogens is 2. The predicted octanol–water partition coefficient (Wildman–Crippen LogP) is 4.56. The van der Waals surface area contributed by atoms with Crippen molar-refractivity contribution in [1.29, 1.82) is 0 Å². The third kappa shape index (κ3) is 5.76. The average Bonchev–Trinajstić information content (AvgIpc) is 2.23. The Morgan fingerprint density at radius 3 is 2.41 bits per heavy atom. The van der Waals surface area contributed by atoms with E-state index in [4.69, 9.17) is 23.2 Å². The lowest BCUT2D eigenvalue weighted by Gasteiger charge is -2.14. The van der Waals surface area contributed by atoms with E-state index in [1.165, 1.54) is 12.0 Å². The van der Waals surface area contributed by atoms with Crippen molar-refractivity contribution in [1.82, 2.24) is 5.32 Å². The molecule has 0 amide bonds. The topological polar surface area (TPSA) is 12.0 Å². The van der Waals surface area contributed by atoms with Gasteiger partial charge in [-0.1, -0.05) is 50.0 Å². The van der Waals surface area contributed by atoms with Crippen LogP contribution in [0.25, 0.3) is 0 Å². The molecule has 1 atom stereocenters. The molecule has 1 N–H and O–H groups in total. The molecule has 1 rings (SSSR count). The summed E-state index contributed by atoms with van der Waals surface area (Å²) in [5.74, 6) is 0.651. The Kier molecular flexibility index (Phi) is 6.32. The minimum absolute atomic E-state index is 0.562. The fraction of sp³-hybridized carbons (Fsp3) is 0.571. The molecule has 0 aliphatic rings. The van der Waals surface area contributed by atoms with Crippen molar-refractivity contribution in [2.45, 2.75) is 39.7 Å². The van der Waals surface area contributed by atoms with Crippen molar-refractivity contribution >= 4 is 23.2 Å². The van der Waals surface area contributed by atoms with E-state index in [2.05, 4.69) is 32.2 Å². The van der Waals surface area contributed by atoms with Gasteiger partial charge in [-0.25, -0.2) is 0 Å². The van der Waals surface area contributed by atoms with Gasteiger partial charge >= 0.3 is 0 Å². The van der Waals surface area contributed by atoms with Gasteiger partial charge in [0.05, 0.1) is 10.0 Å². The minimum Gasteiger partial charge on any atom is -0.315 e. The first-order chi connectivity index (χ1) is 7.99. The van der Waals surface area contributed by atoms with E-state index in [9.17, 15) is 0 Å². The lowest BCUT2D eigenvalue weighted by Crippen LogP contribution is -2.25. The Morgan fingerprint density at radius 1 is 1.12 bits per heavy atom. The summed E-state index contributed by atoms with van der Waals surface area (Å²) in [6.45, 7) is 7.68. The second kappa shape index (κ2) is 7.25. The fourth-order valence-corrected chi connectivity index (χ4v) is 2.11. The van der Waals surface area contributed by atoms with Gasteiger partial charge < -0.3 is 5.32 Å². The molecule has 1 aromatic rings. The smallest absolute Gasteiger partial charge is 0.0595 e. The molecule has 0 aliphatic heterocycles. The van der Waals surface area contributed by atoms with Crippen LogP contribution in [0.15, 0.2) is 18.2 Å². The SMILES string of the molecule is CC(CCNC(C)C)Cc1ccc(Cl)c(Cl)c1. The number of benzene rings is 1. The molecule has 1 unspecified atom stereocenters. The van der Waals surface area contributed by atoms with Gasteiger partial charge in [-0.3, -0.25) is 0 Å². The van der Waals surface area contributed by atoms with Crippen molar-refractivity contribution in [3.63, 3.8) is 0 Å². The van der Waals surface area contributed by atoms with Crippen LogP contribution in [0, 0.1) is 5.92 Å². The third-order valence-corrected chi connectivity index (χ3v) is 3.50. The maximum Gasteiger partial charge on any atom is 0.0595 e. The van der Waals surface area contributed by atoms with Crippen molar-refractivity contribution in [2.24, 2.45) is 5.92 Å². The molecule has 17 heavy (non-hydrogen) atoms. The summed E-state index contributed by atoms with van der Waals surface area (Å²) in [5, 5.41) is 4.71. The highest BCUT2D eigenvalue weighted by Gasteiger charge is 2.06. The molecule has 1 nitrogen and oxygen atoms in total. The summed E-state index contributed by atoms with van der Waals surface area (Å²) in [5.41, 5.74) is 1.26. The molecule has 96 valence electrons. The van der Waals surface area contributed by atoms with E-state index < -0.39 is 0 Å². The fourth-order valence-electron chi connectivity index (χ4n) is 1.79. The van der Waals surface area contributed by atoms with Gasteiger partial charge in [-0.15, -0.1) is 0 Å². The number of nitrogens with one attached hydrogen (secondary N) is 1. The van der Waals surface area contributed by atoms with E-state index in [1.807, 2.05) is 12.1 Å². The number of hydrogen-bond acceptors (Lipinski definition) is 1. The molecule has 0 radical (unpaired) electrons. The molecule has 0 aromatic heterocycles. The maximum atomic E-state index is 6.00. The molecule has 1 aromatic carbocycles. The van der Waals surface area contributed by atoms with Crippen LogP contribution in [0.3, 0.4) is 0 Å². The molecule has 3 heteroatoms. The van der Waals surface area contributed by atoms with E-state index in [0.717, 1.165) is 13.0 Å². The van der Waals surface area contributed by atoms with Crippen molar-refractivity contribution < 1.29 is 0 Å². The van der Waals surface area contributed by atoms with Gasteiger partial charge in [-0.2, -0.15) is 0 Å². The molecular weight excluding hydrogens is 253 g/mol. The van der Waals surface area contributed by atoms with Crippen molar-refractivity contribution in [3.8, 4) is 0 Å². The van der Waals surface area contributed by atoms with Gasteiger partial charge in [0, 0.05) is 6.04 Å². The molecule has 0 saturated heterocycles. The lowest BCUT2D eigenvalue weighted by atomic mass is 9.98. The third-order valence-electron chi connectivity index (χ3n) is 2.76. The lowest BCUT2D eigenvalue weighted by molar-refractivity contribution is 0.476. The van der Waals surface area contributed by atoms with Crippen LogP contribution >= 0.6 is 23.2 Å². The Hall–Kier alpha value is -0.240. The van der Waals surface area contributed by atoms with E-state index in [0.29, 0.717) is 22.0 Å². The van der Waals surface area contributed by atoms with Crippen LogP contribution in [0.5, 0.6) is 0 Å². The molecule has 0 saturated carbocycles. The van der Waals surface area contributed by atoms with Gasteiger partial charge in [0.1, 0.15) is 0 Å². The molecule has 0 fully saturated rings. The summed E-state index contributed by atoms with van der Waals surface area (Å²) in [7, 11) is 0. The van der Waals surface area contributed by atoms with E-state index >= 15 is 0 Å². The summed E-state index contributed by atoms with van der Waals surface area (Å²) in [6, 6.07) is 6.46. The first kappa shape index (κ1) is 14.8. The van der Waals surface area contributed by atoms with Gasteiger partial charge in [0.15, 0.2) is 0 Å². The maximum absolute atomic E-state index is 6.00. The summed E-state index contributed by atoms with van der Waals surface area (Å²) in [6.07, 6.45) is 2.23. The molecule has 0 heterocycles. The quantitative estimate of drug-likeness (QED) is 0.801. The summed E-state index contributed by atoms with van der Waals surface area (Å²) in [4.78, 5) is 0. The van der Waals surface area contributed by atoms with Gasteiger partial charge in [0.25, 0.3) is 0 Å². The predicted molar refractivity (Wildman–Crippen MR) is 77.1 cm³/mol. The Bertz CT molecular complexity index is 350. The van der Waals surface area contributed by atoms with E-state index in [-0.39, 0.29) is 0 Å². The number of hydrogen-bond donors (Lipinski definition) is 1. The Labute approximate surface area is 115 Å². The standard InChI is InChI=1S/C14H21Cl2N/c1-10(2)17-7-6-11(3)8-12-4-5-13(15)14(16)9-12/h4-5,9-11,17H,6-8H2,1-3H3. The zero-order valence-electron chi connectivity index (χ0n) is 10.8. The molecule has 0 aliphatic carbocycles. The zero-order valence-corrected chi connectivity index (χ0v) is 12.3. The Morgan fingerprint density at radius 2 is 1.82 bits per heavy atom. The van der Waals surface area contributed by atoms with Crippen LogP contribution in [0.1, 0.15) is 32.8 Å². The van der Waals surface area contributed by atoms with Crippen LogP contribution in [0.2, 0.25) is 10.0 Å². The van der Waals surface area contributed by atoms with E-state index in [1.54, 1.807) is 0 Å². The van der Waals surface area contributed by atoms with Crippen LogP contribution < -0.4 is 5.32 Å². The number of rotatable bonds is 6. The molecule has 0 spiro atoms. The highest BCUT2D eigenvalue weighted by Crippen LogP contribution is 2.24. The zero-order chi connectivity index (χ0) is 12.8. The second-order valence-corrected chi connectivity index (χ2v) is 5.77. The Balaban J connectivity index is 2.39. The van der Waals surface area contributed by atoms with Crippen LogP contribution in [-0.4, -0.2) is 12.6 Å². The van der Waals surface area contributed by atoms with Crippen molar-refractivity contribution in [2.75, 3.05) is 6.54 Å². The second-order valence-electron chi connectivity index (χ2n) is 4.96. The minimum atomic E-state index is 0.562. The monoisotopic (exact) mass is 273 g/mol. The van der Waals surface area contributed by atoms with Crippen molar-refractivity contribution in [3.05, 3.63) is 33.8 Å². The van der Waals surface area contributed by atoms with Crippen LogP contribution in [0.4, 0.5) is 0 Å². The highest BCUT2D eigenvalue weighted by molar-refractivity contribution is 6.42. The average molecular weight is 274 g/mol. The summed E-state index contributed by atoms with van der Waals surface area (Å²) >= 11 is 11.9. The normalized spacial score (nSPS) is 13.1. The first-order valence-electron chi connectivity index (χ1n) is 6.16. The highest BCUT2D eigenvalue weighted by atomic mass is 35.5.